The van der Waals surface area contributed by atoms with Crippen LogP contribution in [0.4, 0.5) is 0 Å². The van der Waals surface area contributed by atoms with Gasteiger partial charge in [-0.05, 0) is 36.6 Å². The topological polar surface area (TPSA) is 26.3 Å². The molecule has 1 aromatic carbocycles. The fourth-order valence-electron chi connectivity index (χ4n) is 1.61. The largest absolute Gasteiger partial charge is 0.497 e. The highest BCUT2D eigenvalue weighted by Gasteiger charge is 2.16. The van der Waals surface area contributed by atoms with Crippen molar-refractivity contribution in [3.8, 4) is 5.75 Å². The standard InChI is InChI=1S/C11H12O2/c1-13-9-5-6-10-8(7-9)3-2-4-11(10)12/h5-7H,2-4H2,1H3/i4D. The number of hydrogen-bond acceptors (Lipinski definition) is 2. The van der Waals surface area contributed by atoms with Gasteiger partial charge >= 0.3 is 0 Å². The van der Waals surface area contributed by atoms with E-state index in [0.29, 0.717) is 12.0 Å². The smallest absolute Gasteiger partial charge is 0.163 e. The number of aryl methyl sites for hydroxylation is 1. The molecule has 0 N–H and O–H groups in total. The van der Waals surface area contributed by atoms with Crippen LogP contribution in [-0.2, 0) is 6.42 Å². The van der Waals surface area contributed by atoms with Crippen molar-refractivity contribution in [1.29, 1.82) is 0 Å². The Bertz CT molecular complexity index is 374. The molecule has 0 fully saturated rings. The maximum absolute atomic E-state index is 11.6. The monoisotopic (exact) mass is 177 g/mol. The molecule has 0 heterocycles. The summed E-state index contributed by atoms with van der Waals surface area (Å²) in [6, 6.07) is 5.42. The first kappa shape index (κ1) is 7.13. The molecule has 0 radical (unpaired) electrons. The fraction of sp³-hybridized carbons (Fsp3) is 0.364. The first-order valence-corrected chi connectivity index (χ1v) is 4.36. The highest BCUT2D eigenvalue weighted by atomic mass is 16.5. The fourth-order valence-corrected chi connectivity index (χ4v) is 1.61. The molecule has 2 nitrogen and oxygen atoms in total. The predicted octanol–water partition coefficient (Wildman–Crippen LogP) is 2.21. The molecular weight excluding hydrogens is 164 g/mol. The highest BCUT2D eigenvalue weighted by molar-refractivity contribution is 5.98. The first-order chi connectivity index (χ1) is 6.72. The summed E-state index contributed by atoms with van der Waals surface area (Å²) in [6.45, 7) is 0. The third kappa shape index (κ3) is 1.44. The van der Waals surface area contributed by atoms with Crippen LogP contribution >= 0.6 is 0 Å². The predicted molar refractivity (Wildman–Crippen MR) is 50.3 cm³/mol. The van der Waals surface area contributed by atoms with Gasteiger partial charge in [-0.25, -0.2) is 0 Å². The van der Waals surface area contributed by atoms with Crippen molar-refractivity contribution in [2.75, 3.05) is 7.11 Å². The molecule has 0 saturated carbocycles. The van der Waals surface area contributed by atoms with Crippen molar-refractivity contribution < 1.29 is 10.9 Å². The molecule has 2 heteroatoms. The number of carbonyl (C=O) groups excluding carboxylic acids is 1. The van der Waals surface area contributed by atoms with Crippen molar-refractivity contribution in [2.45, 2.75) is 19.2 Å². The van der Waals surface area contributed by atoms with E-state index in [-0.39, 0.29) is 5.78 Å². The van der Waals surface area contributed by atoms with Gasteiger partial charge in [-0.2, -0.15) is 0 Å². The minimum Gasteiger partial charge on any atom is -0.497 e. The van der Waals surface area contributed by atoms with Gasteiger partial charge in [0.15, 0.2) is 5.78 Å². The van der Waals surface area contributed by atoms with Gasteiger partial charge < -0.3 is 4.74 Å². The van der Waals surface area contributed by atoms with Gasteiger partial charge in [-0.15, -0.1) is 0 Å². The van der Waals surface area contributed by atoms with E-state index >= 15 is 0 Å². The average molecular weight is 177 g/mol. The molecule has 1 unspecified atom stereocenters. The number of methoxy groups -OCH3 is 1. The number of carbonyl (C=O) groups is 1. The molecule has 0 aliphatic heterocycles. The second-order valence-corrected chi connectivity index (χ2v) is 3.13. The van der Waals surface area contributed by atoms with Gasteiger partial charge in [-0.1, -0.05) is 0 Å². The Labute approximate surface area is 78.9 Å². The molecule has 0 spiro atoms. The van der Waals surface area contributed by atoms with Crippen molar-refractivity contribution in [3.63, 3.8) is 0 Å². The summed E-state index contributed by atoms with van der Waals surface area (Å²) < 4.78 is 12.6. The molecule has 1 aliphatic carbocycles. The third-order valence-corrected chi connectivity index (χ3v) is 2.32. The van der Waals surface area contributed by atoms with E-state index in [2.05, 4.69) is 0 Å². The number of ether oxygens (including phenoxy) is 1. The molecule has 2 rings (SSSR count). The molecular formula is C11H12O2. The molecule has 1 atom stereocenters. The maximum atomic E-state index is 11.6. The summed E-state index contributed by atoms with van der Waals surface area (Å²) in [5.41, 5.74) is 1.70. The lowest BCUT2D eigenvalue weighted by Crippen LogP contribution is -2.10. The summed E-state index contributed by atoms with van der Waals surface area (Å²) in [5.74, 6) is 0.717. The summed E-state index contributed by atoms with van der Waals surface area (Å²) in [5, 5.41) is 0. The molecule has 0 amide bonds. The van der Waals surface area contributed by atoms with Crippen molar-refractivity contribution in [2.24, 2.45) is 0 Å². The Kier molecular flexibility index (Phi) is 1.76. The number of rotatable bonds is 1. The number of fused-ring (bicyclic) bond motifs is 1. The van der Waals surface area contributed by atoms with Gasteiger partial charge in [0.2, 0.25) is 0 Å². The van der Waals surface area contributed by atoms with Crippen molar-refractivity contribution >= 4 is 5.78 Å². The van der Waals surface area contributed by atoms with Crippen LogP contribution in [0.3, 0.4) is 0 Å². The Morgan fingerprint density at radius 1 is 1.54 bits per heavy atom. The van der Waals surface area contributed by atoms with Gasteiger partial charge in [-0.3, -0.25) is 4.79 Å². The normalized spacial score (nSPS) is 22.1. The van der Waals surface area contributed by atoms with Crippen LogP contribution in [0.1, 0.15) is 30.1 Å². The van der Waals surface area contributed by atoms with E-state index in [1.54, 1.807) is 19.2 Å². The summed E-state index contributed by atoms with van der Waals surface area (Å²) >= 11 is 0. The summed E-state index contributed by atoms with van der Waals surface area (Å²) in [7, 11) is 1.61. The third-order valence-electron chi connectivity index (χ3n) is 2.32. The quantitative estimate of drug-likeness (QED) is 0.657. The minimum atomic E-state index is -0.573. The zero-order valence-corrected chi connectivity index (χ0v) is 7.54. The van der Waals surface area contributed by atoms with Crippen LogP contribution in [0.25, 0.3) is 0 Å². The maximum Gasteiger partial charge on any atom is 0.163 e. The highest BCUT2D eigenvalue weighted by Crippen LogP contribution is 2.24. The van der Waals surface area contributed by atoms with E-state index in [0.717, 1.165) is 17.7 Å². The molecule has 1 aromatic rings. The Morgan fingerprint density at radius 2 is 2.38 bits per heavy atom. The second kappa shape index (κ2) is 3.21. The van der Waals surface area contributed by atoms with Crippen LogP contribution in [0.15, 0.2) is 18.2 Å². The summed E-state index contributed by atoms with van der Waals surface area (Å²) in [4.78, 5) is 11.6. The van der Waals surface area contributed by atoms with E-state index < -0.39 is 6.40 Å². The van der Waals surface area contributed by atoms with Gasteiger partial charge in [0.05, 0.1) is 7.11 Å². The second-order valence-electron chi connectivity index (χ2n) is 3.13. The van der Waals surface area contributed by atoms with Crippen LogP contribution in [0.5, 0.6) is 5.75 Å². The summed E-state index contributed by atoms with van der Waals surface area (Å²) in [6.07, 6.45) is 0.849. The Hall–Kier alpha value is -1.31. The van der Waals surface area contributed by atoms with Gasteiger partial charge in [0, 0.05) is 13.3 Å². The Balaban J connectivity index is 2.44. The van der Waals surface area contributed by atoms with Crippen LogP contribution in [0.2, 0.25) is 0 Å². The number of ketones is 1. The van der Waals surface area contributed by atoms with Crippen molar-refractivity contribution in [1.82, 2.24) is 0 Å². The zero-order chi connectivity index (χ0) is 10.1. The van der Waals surface area contributed by atoms with E-state index in [4.69, 9.17) is 6.11 Å². The van der Waals surface area contributed by atoms with E-state index in [1.807, 2.05) is 6.07 Å². The zero-order valence-electron chi connectivity index (χ0n) is 8.54. The molecule has 1 aliphatic rings. The first-order valence-electron chi connectivity index (χ1n) is 4.93. The number of hydrogen-bond donors (Lipinski definition) is 0. The number of benzene rings is 1. The molecule has 0 saturated heterocycles. The molecule has 0 bridgehead atoms. The van der Waals surface area contributed by atoms with Crippen molar-refractivity contribution in [3.05, 3.63) is 29.3 Å². The van der Waals surface area contributed by atoms with E-state index in [9.17, 15) is 4.79 Å². The molecule has 13 heavy (non-hydrogen) atoms. The lowest BCUT2D eigenvalue weighted by Gasteiger charge is -2.14. The van der Waals surface area contributed by atoms with Crippen LogP contribution in [0, 0.1) is 0 Å². The van der Waals surface area contributed by atoms with Crippen LogP contribution in [-0.4, -0.2) is 12.9 Å². The lowest BCUT2D eigenvalue weighted by atomic mass is 9.91. The lowest BCUT2D eigenvalue weighted by molar-refractivity contribution is 0.0972. The molecule has 0 aromatic heterocycles. The average Bonchev–Trinajstić information content (AvgIpc) is 2.23. The van der Waals surface area contributed by atoms with E-state index in [1.165, 1.54) is 0 Å². The van der Waals surface area contributed by atoms with Gasteiger partial charge in [0.1, 0.15) is 5.75 Å². The SMILES string of the molecule is [2H]C1CCc2cc(OC)ccc2C1=O. The number of Topliss-reactive ketones (excluding diaryl/α,β-unsaturated/α-hetero) is 1. The van der Waals surface area contributed by atoms with Gasteiger partial charge in [0.25, 0.3) is 0 Å². The molecule has 68 valence electrons. The Morgan fingerprint density at radius 3 is 3.15 bits per heavy atom. The minimum absolute atomic E-state index is 0.0612. The van der Waals surface area contributed by atoms with Crippen LogP contribution < -0.4 is 4.74 Å².